The molecule has 0 aliphatic carbocycles. The van der Waals surface area contributed by atoms with Gasteiger partial charge in [-0.2, -0.15) is 0 Å². The van der Waals surface area contributed by atoms with Gasteiger partial charge in [0.25, 0.3) is 0 Å². The van der Waals surface area contributed by atoms with Gasteiger partial charge in [-0.1, -0.05) is 39.8 Å². The van der Waals surface area contributed by atoms with Crippen LogP contribution in [0, 0.1) is 25.2 Å². The standard InChI is InChI=1S/C18H29ClO/c1-12(11-18(4,5)6)8-16(19)15-9-13(2)17(20-7)14(3)10-15/h9-10,12,16H,8,11H2,1-7H3. The second kappa shape index (κ2) is 6.85. The van der Waals surface area contributed by atoms with E-state index in [0.29, 0.717) is 11.3 Å². The third-order valence-corrected chi connectivity index (χ3v) is 4.05. The fourth-order valence-electron chi connectivity index (χ4n) is 3.10. The molecule has 0 radical (unpaired) electrons. The molecule has 1 rings (SSSR count). The van der Waals surface area contributed by atoms with Gasteiger partial charge in [0.05, 0.1) is 12.5 Å². The number of benzene rings is 1. The lowest BCUT2D eigenvalue weighted by Crippen LogP contribution is -2.12. The van der Waals surface area contributed by atoms with Gasteiger partial charge < -0.3 is 4.74 Å². The second-order valence-corrected chi connectivity index (χ2v) is 7.79. The van der Waals surface area contributed by atoms with E-state index < -0.39 is 0 Å². The zero-order valence-corrected chi connectivity index (χ0v) is 14.8. The van der Waals surface area contributed by atoms with Crippen molar-refractivity contribution in [3.63, 3.8) is 0 Å². The van der Waals surface area contributed by atoms with Crippen LogP contribution in [-0.4, -0.2) is 7.11 Å². The van der Waals surface area contributed by atoms with Crippen LogP contribution in [0.5, 0.6) is 5.75 Å². The summed E-state index contributed by atoms with van der Waals surface area (Å²) in [5.41, 5.74) is 3.90. The van der Waals surface area contributed by atoms with Crippen molar-refractivity contribution < 1.29 is 4.74 Å². The lowest BCUT2D eigenvalue weighted by Gasteiger charge is -2.25. The van der Waals surface area contributed by atoms with Gasteiger partial charge in [0.2, 0.25) is 0 Å². The van der Waals surface area contributed by atoms with E-state index >= 15 is 0 Å². The maximum atomic E-state index is 6.63. The van der Waals surface area contributed by atoms with E-state index in [0.717, 1.165) is 23.3 Å². The van der Waals surface area contributed by atoms with Crippen molar-refractivity contribution in [2.24, 2.45) is 11.3 Å². The molecule has 0 amide bonds. The molecule has 2 heteroatoms. The van der Waals surface area contributed by atoms with Gasteiger partial charge >= 0.3 is 0 Å². The quantitative estimate of drug-likeness (QED) is 0.601. The van der Waals surface area contributed by atoms with Crippen LogP contribution in [0.1, 0.15) is 62.6 Å². The van der Waals surface area contributed by atoms with Crippen LogP contribution >= 0.6 is 11.6 Å². The Morgan fingerprint density at radius 3 is 2.05 bits per heavy atom. The Bertz CT molecular complexity index is 422. The van der Waals surface area contributed by atoms with E-state index in [1.807, 2.05) is 0 Å². The van der Waals surface area contributed by atoms with Gasteiger partial charge in [0.15, 0.2) is 0 Å². The van der Waals surface area contributed by atoms with Crippen LogP contribution in [0.2, 0.25) is 0 Å². The first-order valence-corrected chi connectivity index (χ1v) is 7.87. The molecule has 0 saturated carbocycles. The Kier molecular flexibility index (Phi) is 5.94. The van der Waals surface area contributed by atoms with Gasteiger partial charge in [-0.15, -0.1) is 11.6 Å². The molecule has 0 saturated heterocycles. The monoisotopic (exact) mass is 296 g/mol. The summed E-state index contributed by atoms with van der Waals surface area (Å²) in [6.07, 6.45) is 2.22. The smallest absolute Gasteiger partial charge is 0.124 e. The average molecular weight is 297 g/mol. The number of hydrogen-bond acceptors (Lipinski definition) is 1. The number of halogens is 1. The minimum absolute atomic E-state index is 0.0793. The minimum Gasteiger partial charge on any atom is -0.496 e. The summed E-state index contributed by atoms with van der Waals surface area (Å²) in [5.74, 6) is 1.60. The maximum absolute atomic E-state index is 6.63. The number of methoxy groups -OCH3 is 1. The number of alkyl halides is 1. The maximum Gasteiger partial charge on any atom is 0.124 e. The van der Waals surface area contributed by atoms with Gasteiger partial charge in [-0.05, 0) is 54.7 Å². The van der Waals surface area contributed by atoms with Crippen LogP contribution in [0.4, 0.5) is 0 Å². The van der Waals surface area contributed by atoms with E-state index in [2.05, 4.69) is 53.7 Å². The van der Waals surface area contributed by atoms with Crippen molar-refractivity contribution in [2.75, 3.05) is 7.11 Å². The van der Waals surface area contributed by atoms with Crippen molar-refractivity contribution in [1.29, 1.82) is 0 Å². The first-order valence-electron chi connectivity index (χ1n) is 7.43. The molecule has 114 valence electrons. The summed E-state index contributed by atoms with van der Waals surface area (Å²) in [7, 11) is 1.72. The first-order chi connectivity index (χ1) is 9.14. The topological polar surface area (TPSA) is 9.23 Å². The second-order valence-electron chi connectivity index (χ2n) is 7.26. The van der Waals surface area contributed by atoms with Crippen molar-refractivity contribution >= 4 is 11.6 Å². The van der Waals surface area contributed by atoms with Gasteiger partial charge in [0.1, 0.15) is 5.75 Å². The third-order valence-electron chi connectivity index (χ3n) is 3.62. The van der Waals surface area contributed by atoms with Crippen molar-refractivity contribution in [3.05, 3.63) is 28.8 Å². The first kappa shape index (κ1) is 17.4. The molecule has 1 aromatic rings. The minimum atomic E-state index is 0.0793. The molecule has 0 aliphatic heterocycles. The fraction of sp³-hybridized carbons (Fsp3) is 0.667. The molecule has 0 fully saturated rings. The van der Waals surface area contributed by atoms with Crippen LogP contribution in [0.3, 0.4) is 0 Å². The van der Waals surface area contributed by atoms with Gasteiger partial charge in [0, 0.05) is 0 Å². The number of hydrogen-bond donors (Lipinski definition) is 0. The van der Waals surface area contributed by atoms with Crippen LogP contribution in [0.15, 0.2) is 12.1 Å². The summed E-state index contributed by atoms with van der Waals surface area (Å²) in [6, 6.07) is 4.32. The highest BCUT2D eigenvalue weighted by Crippen LogP contribution is 2.36. The SMILES string of the molecule is COc1c(C)cc(C(Cl)CC(C)CC(C)(C)C)cc1C. The predicted molar refractivity (Wildman–Crippen MR) is 88.9 cm³/mol. The molecular weight excluding hydrogens is 268 g/mol. The van der Waals surface area contributed by atoms with Crippen molar-refractivity contribution in [1.82, 2.24) is 0 Å². The summed E-state index contributed by atoms with van der Waals surface area (Å²) in [4.78, 5) is 0. The molecule has 0 spiro atoms. The van der Waals surface area contributed by atoms with E-state index in [1.54, 1.807) is 7.11 Å². The Hall–Kier alpha value is -0.690. The molecule has 2 atom stereocenters. The zero-order chi connectivity index (χ0) is 15.5. The van der Waals surface area contributed by atoms with Crippen LogP contribution < -0.4 is 4.74 Å². The largest absolute Gasteiger partial charge is 0.496 e. The zero-order valence-electron chi connectivity index (χ0n) is 14.0. The summed E-state index contributed by atoms with van der Waals surface area (Å²) in [5, 5.41) is 0.0793. The molecule has 0 aliphatic rings. The highest BCUT2D eigenvalue weighted by Gasteiger charge is 2.20. The Morgan fingerprint density at radius 2 is 1.65 bits per heavy atom. The van der Waals surface area contributed by atoms with E-state index in [4.69, 9.17) is 16.3 Å². The Morgan fingerprint density at radius 1 is 1.15 bits per heavy atom. The molecule has 1 aromatic carbocycles. The van der Waals surface area contributed by atoms with Crippen molar-refractivity contribution in [3.8, 4) is 5.75 Å². The average Bonchev–Trinajstić information content (AvgIpc) is 2.25. The molecule has 0 heterocycles. The van der Waals surface area contributed by atoms with Crippen molar-refractivity contribution in [2.45, 2.75) is 59.8 Å². The Labute approximate surface area is 129 Å². The van der Waals surface area contributed by atoms with E-state index in [-0.39, 0.29) is 5.38 Å². The van der Waals surface area contributed by atoms with E-state index in [9.17, 15) is 0 Å². The summed E-state index contributed by atoms with van der Waals surface area (Å²) < 4.78 is 5.41. The highest BCUT2D eigenvalue weighted by atomic mass is 35.5. The van der Waals surface area contributed by atoms with Gasteiger partial charge in [-0.3, -0.25) is 0 Å². The molecule has 0 bridgehead atoms. The molecule has 2 unspecified atom stereocenters. The van der Waals surface area contributed by atoms with Gasteiger partial charge in [-0.25, -0.2) is 0 Å². The van der Waals surface area contributed by atoms with Crippen LogP contribution in [-0.2, 0) is 0 Å². The lowest BCUT2D eigenvalue weighted by molar-refractivity contribution is 0.295. The predicted octanol–water partition coefficient (Wildman–Crippen LogP) is 6.05. The molecular formula is C18H29ClO. The molecule has 1 nitrogen and oxygen atoms in total. The highest BCUT2D eigenvalue weighted by molar-refractivity contribution is 6.20. The molecule has 0 N–H and O–H groups in total. The van der Waals surface area contributed by atoms with E-state index in [1.165, 1.54) is 12.0 Å². The number of ether oxygens (including phenoxy) is 1. The molecule has 20 heavy (non-hydrogen) atoms. The summed E-state index contributed by atoms with van der Waals surface area (Å²) in [6.45, 7) is 13.3. The summed E-state index contributed by atoms with van der Waals surface area (Å²) >= 11 is 6.63. The lowest BCUT2D eigenvalue weighted by atomic mass is 9.83. The third kappa shape index (κ3) is 5.01. The number of aryl methyl sites for hydroxylation is 2. The fourth-order valence-corrected chi connectivity index (χ4v) is 3.53. The number of rotatable bonds is 5. The molecule has 0 aromatic heterocycles. The Balaban J connectivity index is 2.80. The van der Waals surface area contributed by atoms with Crippen LogP contribution in [0.25, 0.3) is 0 Å². The normalized spacial score (nSPS) is 15.0.